The largest absolute Gasteiger partial charge is 0.494 e. The number of rotatable bonds is 10. The smallest absolute Gasteiger partial charge is 0.286 e. The number of pyridine rings is 1. The van der Waals surface area contributed by atoms with Crippen molar-refractivity contribution in [3.63, 3.8) is 0 Å². The molecule has 1 atom stereocenters. The molecular formula is C26H32FN5O6S. The Morgan fingerprint density at radius 2 is 1.90 bits per heavy atom. The number of unbranched alkanes of at least 4 members (excludes halogenated alkanes) is 1. The zero-order valence-electron chi connectivity index (χ0n) is 22.1. The standard InChI is InChI=1S/C26H32FN5O6S/c1-4-5-11-22-29-25(33)23(26(34)32(22)24-19(37-2)9-6-10-20(24)38-3)30-39(35,36)18-8-7-14-31(16-18)21-13-12-17(27)15-28-21/h6,9-10,12-13,15,18,30,33H,4-5,7-8,11,14,16H2,1-3H3/t18-/m1/s1. The van der Waals surface area contributed by atoms with Crippen LogP contribution in [0.15, 0.2) is 41.3 Å². The van der Waals surface area contributed by atoms with Gasteiger partial charge in [-0.05, 0) is 43.5 Å². The van der Waals surface area contributed by atoms with Gasteiger partial charge >= 0.3 is 0 Å². The van der Waals surface area contributed by atoms with E-state index in [2.05, 4.69) is 14.7 Å². The minimum absolute atomic E-state index is 0.0747. The zero-order valence-corrected chi connectivity index (χ0v) is 22.9. The van der Waals surface area contributed by atoms with Gasteiger partial charge in [0.05, 0.1) is 25.7 Å². The summed E-state index contributed by atoms with van der Waals surface area (Å²) >= 11 is 0. The number of anilines is 2. The highest BCUT2D eigenvalue weighted by atomic mass is 32.2. The molecule has 0 unspecified atom stereocenters. The van der Waals surface area contributed by atoms with E-state index in [1.54, 1.807) is 23.1 Å². The number of piperidine rings is 1. The molecule has 0 aliphatic carbocycles. The summed E-state index contributed by atoms with van der Waals surface area (Å²) < 4.78 is 54.8. The van der Waals surface area contributed by atoms with Gasteiger partial charge in [-0.15, -0.1) is 0 Å². The number of aromatic hydroxyl groups is 1. The van der Waals surface area contributed by atoms with Crippen molar-refractivity contribution in [3.05, 3.63) is 58.5 Å². The lowest BCUT2D eigenvalue weighted by Gasteiger charge is -2.33. The summed E-state index contributed by atoms with van der Waals surface area (Å²) in [6, 6.07) is 7.73. The molecule has 3 heterocycles. The van der Waals surface area contributed by atoms with E-state index in [-0.39, 0.29) is 18.1 Å². The van der Waals surface area contributed by atoms with Crippen LogP contribution in [0.25, 0.3) is 5.69 Å². The molecule has 13 heteroatoms. The second-order valence-electron chi connectivity index (χ2n) is 9.17. The van der Waals surface area contributed by atoms with Crippen molar-refractivity contribution in [1.82, 2.24) is 14.5 Å². The monoisotopic (exact) mass is 561 g/mol. The number of methoxy groups -OCH3 is 2. The van der Waals surface area contributed by atoms with Gasteiger partial charge in [-0.25, -0.2) is 17.8 Å². The molecule has 1 fully saturated rings. The lowest BCUT2D eigenvalue weighted by molar-refractivity contribution is 0.388. The predicted octanol–water partition coefficient (Wildman–Crippen LogP) is 3.24. The average Bonchev–Trinajstić information content (AvgIpc) is 2.94. The van der Waals surface area contributed by atoms with Gasteiger partial charge in [0.15, 0.2) is 5.69 Å². The molecule has 0 radical (unpaired) electrons. The third-order valence-corrected chi connectivity index (χ3v) is 8.36. The molecule has 2 N–H and O–H groups in total. The molecular weight excluding hydrogens is 529 g/mol. The van der Waals surface area contributed by atoms with Crippen LogP contribution in [-0.4, -0.2) is 60.6 Å². The summed E-state index contributed by atoms with van der Waals surface area (Å²) in [5, 5.41) is 9.82. The van der Waals surface area contributed by atoms with E-state index in [0.717, 1.165) is 12.6 Å². The number of hydrogen-bond acceptors (Lipinski definition) is 9. The number of aromatic nitrogens is 3. The van der Waals surface area contributed by atoms with E-state index in [0.29, 0.717) is 49.5 Å². The maximum Gasteiger partial charge on any atom is 0.286 e. The number of nitrogens with one attached hydrogen (secondary N) is 1. The quantitative estimate of drug-likeness (QED) is 0.382. The van der Waals surface area contributed by atoms with Crippen molar-refractivity contribution in [3.8, 4) is 23.1 Å². The summed E-state index contributed by atoms with van der Waals surface area (Å²) in [4.78, 5) is 23.9. The summed E-state index contributed by atoms with van der Waals surface area (Å²) in [6.45, 7) is 2.60. The van der Waals surface area contributed by atoms with Crippen LogP contribution in [0, 0.1) is 5.82 Å². The molecule has 0 bridgehead atoms. The van der Waals surface area contributed by atoms with E-state index in [1.165, 1.54) is 30.9 Å². The summed E-state index contributed by atoms with van der Waals surface area (Å²) in [5.41, 5.74) is -1.13. The number of para-hydroxylation sites is 1. The molecule has 11 nitrogen and oxygen atoms in total. The third kappa shape index (κ3) is 5.92. The zero-order chi connectivity index (χ0) is 28.2. The van der Waals surface area contributed by atoms with Crippen LogP contribution in [0.4, 0.5) is 15.9 Å². The molecule has 3 aromatic rings. The molecule has 1 aliphatic rings. The molecule has 2 aromatic heterocycles. The fourth-order valence-corrected chi connectivity index (χ4v) is 6.09. The van der Waals surface area contributed by atoms with Gasteiger partial charge in [0.1, 0.15) is 34.6 Å². The predicted molar refractivity (Wildman–Crippen MR) is 145 cm³/mol. The summed E-state index contributed by atoms with van der Waals surface area (Å²) in [7, 11) is -1.28. The Hall–Kier alpha value is -3.87. The van der Waals surface area contributed by atoms with E-state index >= 15 is 0 Å². The van der Waals surface area contributed by atoms with Gasteiger partial charge in [-0.3, -0.25) is 14.1 Å². The molecule has 0 spiro atoms. The first kappa shape index (κ1) is 28.1. The lowest BCUT2D eigenvalue weighted by Crippen LogP contribution is -2.45. The van der Waals surface area contributed by atoms with E-state index < -0.39 is 38.2 Å². The topological polar surface area (TPSA) is 136 Å². The maximum atomic E-state index is 13.9. The number of aryl methyl sites for hydroxylation is 1. The molecule has 0 amide bonds. The van der Waals surface area contributed by atoms with E-state index in [9.17, 15) is 22.7 Å². The number of nitrogens with zero attached hydrogens (tertiary/aromatic N) is 4. The van der Waals surface area contributed by atoms with Crippen LogP contribution in [-0.2, 0) is 16.4 Å². The minimum Gasteiger partial charge on any atom is -0.494 e. The second kappa shape index (κ2) is 11.9. The summed E-state index contributed by atoms with van der Waals surface area (Å²) in [6.07, 6.45) is 3.75. The number of halogens is 1. The minimum atomic E-state index is -4.16. The molecule has 4 rings (SSSR count). The van der Waals surface area contributed by atoms with Gasteiger partial charge in [0.2, 0.25) is 15.9 Å². The Bertz CT molecular complexity index is 1460. The SMILES string of the molecule is CCCCc1nc(O)c(NS(=O)(=O)[C@@H]2CCCN(c3ccc(F)cn3)C2)c(=O)n1-c1c(OC)cccc1OC. The highest BCUT2D eigenvalue weighted by Gasteiger charge is 2.34. The first-order valence-corrected chi connectivity index (χ1v) is 14.2. The molecule has 1 aliphatic heterocycles. The third-order valence-electron chi connectivity index (χ3n) is 6.61. The van der Waals surface area contributed by atoms with Crippen molar-refractivity contribution in [1.29, 1.82) is 0 Å². The Morgan fingerprint density at radius 1 is 1.18 bits per heavy atom. The number of hydrogen-bond donors (Lipinski definition) is 2. The molecule has 210 valence electrons. The fraction of sp³-hybridized carbons (Fsp3) is 0.423. The Kier molecular flexibility index (Phi) is 8.58. The first-order chi connectivity index (χ1) is 18.7. The molecule has 1 aromatic carbocycles. The number of ether oxygens (including phenoxy) is 2. The van der Waals surface area contributed by atoms with Gasteiger partial charge in [-0.1, -0.05) is 19.4 Å². The number of benzene rings is 1. The van der Waals surface area contributed by atoms with Crippen molar-refractivity contribution in [2.75, 3.05) is 36.9 Å². The van der Waals surface area contributed by atoms with Crippen LogP contribution in [0.2, 0.25) is 0 Å². The maximum absolute atomic E-state index is 13.9. The van der Waals surface area contributed by atoms with Crippen LogP contribution in [0.1, 0.15) is 38.4 Å². The molecule has 0 saturated carbocycles. The van der Waals surface area contributed by atoms with E-state index in [1.807, 2.05) is 6.92 Å². The number of sulfonamides is 1. The van der Waals surface area contributed by atoms with Gasteiger partial charge < -0.3 is 19.5 Å². The lowest BCUT2D eigenvalue weighted by atomic mass is 10.1. The second-order valence-corrected chi connectivity index (χ2v) is 11.1. The molecule has 39 heavy (non-hydrogen) atoms. The van der Waals surface area contributed by atoms with Crippen LogP contribution >= 0.6 is 0 Å². The van der Waals surface area contributed by atoms with Crippen LogP contribution < -0.4 is 24.7 Å². The van der Waals surface area contributed by atoms with Gasteiger partial charge in [-0.2, -0.15) is 4.98 Å². The van der Waals surface area contributed by atoms with Crippen LogP contribution in [0.5, 0.6) is 17.4 Å². The van der Waals surface area contributed by atoms with Gasteiger partial charge in [0.25, 0.3) is 5.56 Å². The van der Waals surface area contributed by atoms with Crippen molar-refractivity contribution < 1.29 is 27.4 Å². The Morgan fingerprint density at radius 3 is 2.51 bits per heavy atom. The Balaban J connectivity index is 1.75. The van der Waals surface area contributed by atoms with Crippen molar-refractivity contribution in [2.24, 2.45) is 0 Å². The normalized spacial score (nSPS) is 15.7. The van der Waals surface area contributed by atoms with Crippen molar-refractivity contribution in [2.45, 2.75) is 44.3 Å². The first-order valence-electron chi connectivity index (χ1n) is 12.6. The average molecular weight is 562 g/mol. The van der Waals surface area contributed by atoms with Gasteiger partial charge in [0, 0.05) is 19.5 Å². The van der Waals surface area contributed by atoms with Crippen LogP contribution in [0.3, 0.4) is 0 Å². The summed E-state index contributed by atoms with van der Waals surface area (Å²) in [5.74, 6) is 0.0982. The van der Waals surface area contributed by atoms with E-state index in [4.69, 9.17) is 9.47 Å². The molecule has 1 saturated heterocycles. The Labute approximate surface area is 226 Å². The fourth-order valence-electron chi connectivity index (χ4n) is 4.61. The highest BCUT2D eigenvalue weighted by molar-refractivity contribution is 7.93. The highest BCUT2D eigenvalue weighted by Crippen LogP contribution is 2.34. The van der Waals surface area contributed by atoms with Crippen molar-refractivity contribution >= 4 is 21.5 Å².